The van der Waals surface area contributed by atoms with E-state index in [1.54, 1.807) is 4.31 Å². The molecule has 0 spiro atoms. The van der Waals surface area contributed by atoms with Gasteiger partial charge in [-0.15, -0.1) is 0 Å². The van der Waals surface area contributed by atoms with Gasteiger partial charge in [0.1, 0.15) is 4.90 Å². The van der Waals surface area contributed by atoms with Crippen LogP contribution in [0.2, 0.25) is 0 Å². The van der Waals surface area contributed by atoms with Crippen molar-refractivity contribution in [1.29, 1.82) is 0 Å². The molecule has 1 aromatic carbocycles. The molecule has 7 heteroatoms. The molecule has 0 saturated carbocycles. The maximum atomic E-state index is 13.9. The first-order chi connectivity index (χ1) is 10.4. The van der Waals surface area contributed by atoms with Crippen molar-refractivity contribution in [2.45, 2.75) is 36.2 Å². The molecule has 0 amide bonds. The second-order valence-electron chi connectivity index (χ2n) is 6.04. The first-order valence-electron chi connectivity index (χ1n) is 7.49. The Morgan fingerprint density at radius 2 is 1.95 bits per heavy atom. The predicted octanol–water partition coefficient (Wildman–Crippen LogP) is 1.69. The molecule has 2 fully saturated rings. The van der Waals surface area contributed by atoms with Gasteiger partial charge in [0, 0.05) is 18.6 Å². The van der Waals surface area contributed by atoms with Crippen LogP contribution in [0.5, 0.6) is 5.75 Å². The van der Waals surface area contributed by atoms with E-state index in [9.17, 15) is 12.8 Å². The SMILES string of the molecule is COc1c(F)cccc1S(=O)(=O)N1C2CC[C@@H]1CN(C)CC2. The molecular weight excluding hydrogens is 307 g/mol. The highest BCUT2D eigenvalue weighted by molar-refractivity contribution is 7.89. The van der Waals surface area contributed by atoms with Gasteiger partial charge in [-0.2, -0.15) is 4.31 Å². The van der Waals surface area contributed by atoms with Crippen LogP contribution in [0.4, 0.5) is 4.39 Å². The van der Waals surface area contributed by atoms with E-state index in [4.69, 9.17) is 4.74 Å². The topological polar surface area (TPSA) is 49.9 Å². The number of hydrogen-bond acceptors (Lipinski definition) is 4. The number of nitrogens with zero attached hydrogens (tertiary/aromatic N) is 2. The van der Waals surface area contributed by atoms with E-state index < -0.39 is 15.8 Å². The van der Waals surface area contributed by atoms with Crippen LogP contribution in [-0.2, 0) is 10.0 Å². The quantitative estimate of drug-likeness (QED) is 0.847. The Morgan fingerprint density at radius 3 is 2.68 bits per heavy atom. The molecule has 2 bridgehead atoms. The van der Waals surface area contributed by atoms with Crippen molar-refractivity contribution in [3.05, 3.63) is 24.0 Å². The molecule has 3 rings (SSSR count). The maximum absolute atomic E-state index is 13.9. The third-order valence-electron chi connectivity index (χ3n) is 4.61. The fourth-order valence-corrected chi connectivity index (χ4v) is 5.66. The molecule has 2 aliphatic heterocycles. The molecule has 0 N–H and O–H groups in total. The van der Waals surface area contributed by atoms with Gasteiger partial charge in [-0.3, -0.25) is 0 Å². The van der Waals surface area contributed by atoms with Crippen molar-refractivity contribution >= 4 is 10.0 Å². The summed E-state index contributed by atoms with van der Waals surface area (Å²) in [5.41, 5.74) is 0. The van der Waals surface area contributed by atoms with Crippen LogP contribution >= 0.6 is 0 Å². The van der Waals surface area contributed by atoms with E-state index >= 15 is 0 Å². The Kier molecular flexibility index (Phi) is 4.13. The number of rotatable bonds is 3. The molecule has 122 valence electrons. The highest BCUT2D eigenvalue weighted by Gasteiger charge is 2.45. The molecule has 0 radical (unpaired) electrons. The molecule has 1 aromatic rings. The summed E-state index contributed by atoms with van der Waals surface area (Å²) in [4.78, 5) is 2.09. The fraction of sp³-hybridized carbons (Fsp3) is 0.600. The van der Waals surface area contributed by atoms with Gasteiger partial charge in [0.05, 0.1) is 7.11 Å². The number of benzene rings is 1. The van der Waals surface area contributed by atoms with Gasteiger partial charge < -0.3 is 9.64 Å². The molecule has 2 saturated heterocycles. The van der Waals surface area contributed by atoms with Gasteiger partial charge in [0.2, 0.25) is 10.0 Å². The monoisotopic (exact) mass is 328 g/mol. The zero-order chi connectivity index (χ0) is 15.9. The number of para-hydroxylation sites is 1. The first-order valence-corrected chi connectivity index (χ1v) is 8.93. The normalized spacial score (nSPS) is 26.9. The van der Waals surface area contributed by atoms with Crippen molar-refractivity contribution in [2.24, 2.45) is 0 Å². The molecule has 2 atom stereocenters. The van der Waals surface area contributed by atoms with Crippen molar-refractivity contribution in [3.8, 4) is 5.75 Å². The van der Waals surface area contributed by atoms with Crippen LogP contribution in [0.3, 0.4) is 0 Å². The van der Waals surface area contributed by atoms with Crippen LogP contribution in [-0.4, -0.2) is 57.0 Å². The van der Waals surface area contributed by atoms with Crippen LogP contribution in [0.25, 0.3) is 0 Å². The zero-order valence-electron chi connectivity index (χ0n) is 12.8. The van der Waals surface area contributed by atoms with Crippen molar-refractivity contribution < 1.29 is 17.5 Å². The van der Waals surface area contributed by atoms with Gasteiger partial charge in [0.15, 0.2) is 11.6 Å². The molecule has 1 unspecified atom stereocenters. The minimum atomic E-state index is -3.77. The van der Waals surface area contributed by atoms with E-state index in [0.717, 1.165) is 25.8 Å². The smallest absolute Gasteiger partial charge is 0.247 e. The lowest BCUT2D eigenvalue weighted by atomic mass is 10.1. The van der Waals surface area contributed by atoms with Crippen LogP contribution in [0.1, 0.15) is 19.3 Å². The number of sulfonamides is 1. The van der Waals surface area contributed by atoms with Crippen molar-refractivity contribution in [3.63, 3.8) is 0 Å². The molecular formula is C15H21FN2O3S. The number of likely N-dealkylation sites (N-methyl/N-ethyl adjacent to an activating group) is 1. The number of hydrogen-bond donors (Lipinski definition) is 0. The fourth-order valence-electron chi connectivity index (χ4n) is 3.60. The summed E-state index contributed by atoms with van der Waals surface area (Å²) in [6.45, 7) is 1.60. The minimum Gasteiger partial charge on any atom is -0.492 e. The Balaban J connectivity index is 2.05. The van der Waals surface area contributed by atoms with E-state index in [1.807, 2.05) is 7.05 Å². The average molecular weight is 328 g/mol. The number of halogens is 1. The Bertz CT molecular complexity index is 665. The molecule has 0 aromatic heterocycles. The van der Waals surface area contributed by atoms with Crippen LogP contribution < -0.4 is 4.74 Å². The summed E-state index contributed by atoms with van der Waals surface area (Å²) in [6, 6.07) is 3.99. The van der Waals surface area contributed by atoms with Gasteiger partial charge in [-0.1, -0.05) is 6.07 Å². The largest absolute Gasteiger partial charge is 0.492 e. The van der Waals surface area contributed by atoms with E-state index in [-0.39, 0.29) is 22.7 Å². The minimum absolute atomic E-state index is 0.00655. The molecule has 0 aliphatic carbocycles. The number of methoxy groups -OCH3 is 1. The van der Waals surface area contributed by atoms with Crippen LogP contribution in [0.15, 0.2) is 23.1 Å². The van der Waals surface area contributed by atoms with Gasteiger partial charge in [-0.05, 0) is 45.0 Å². The second-order valence-corrected chi connectivity index (χ2v) is 7.85. The van der Waals surface area contributed by atoms with Crippen molar-refractivity contribution in [2.75, 3.05) is 27.2 Å². The molecule has 5 nitrogen and oxygen atoms in total. The molecule has 2 heterocycles. The zero-order valence-corrected chi connectivity index (χ0v) is 13.6. The summed E-state index contributed by atoms with van der Waals surface area (Å²) < 4.78 is 46.7. The van der Waals surface area contributed by atoms with Crippen LogP contribution in [0, 0.1) is 5.82 Å². The highest BCUT2D eigenvalue weighted by Crippen LogP contribution is 2.38. The summed E-state index contributed by atoms with van der Waals surface area (Å²) in [6.07, 6.45) is 2.53. The average Bonchev–Trinajstić information content (AvgIpc) is 2.79. The Morgan fingerprint density at radius 1 is 1.23 bits per heavy atom. The summed E-state index contributed by atoms with van der Waals surface area (Å²) in [5.74, 6) is -0.845. The summed E-state index contributed by atoms with van der Waals surface area (Å²) >= 11 is 0. The lowest BCUT2D eigenvalue weighted by Gasteiger charge is -2.28. The van der Waals surface area contributed by atoms with Gasteiger partial charge in [-0.25, -0.2) is 12.8 Å². The lowest BCUT2D eigenvalue weighted by Crippen LogP contribution is -2.42. The van der Waals surface area contributed by atoms with Crippen molar-refractivity contribution in [1.82, 2.24) is 9.21 Å². The molecule has 22 heavy (non-hydrogen) atoms. The van der Waals surface area contributed by atoms with E-state index in [2.05, 4.69) is 4.90 Å². The third-order valence-corrected chi connectivity index (χ3v) is 6.64. The first kappa shape index (κ1) is 15.7. The highest BCUT2D eigenvalue weighted by atomic mass is 32.2. The number of likely N-dealkylation sites (tertiary alicyclic amines) is 1. The van der Waals surface area contributed by atoms with E-state index in [0.29, 0.717) is 6.54 Å². The number of fused-ring (bicyclic) bond motifs is 2. The third kappa shape index (κ3) is 2.51. The molecule has 2 aliphatic rings. The Hall–Kier alpha value is -1.18. The summed E-state index contributed by atoms with van der Waals surface area (Å²) in [5, 5.41) is 0. The Labute approximate surface area is 130 Å². The number of ether oxygens (including phenoxy) is 1. The standard InChI is InChI=1S/C15H21FN2O3S/c1-17-9-8-11-6-7-12(10-17)18(11)22(19,20)14-5-3-4-13(16)15(14)21-2/h3-5,11-12H,6-10H2,1-2H3/t11?,12-/m1/s1. The second kappa shape index (κ2) is 5.79. The summed E-state index contributed by atoms with van der Waals surface area (Å²) in [7, 11) is -0.466. The predicted molar refractivity (Wildman–Crippen MR) is 80.9 cm³/mol. The maximum Gasteiger partial charge on any atom is 0.247 e. The van der Waals surface area contributed by atoms with E-state index in [1.165, 1.54) is 25.3 Å². The lowest BCUT2D eigenvalue weighted by molar-refractivity contribution is 0.288. The van der Waals surface area contributed by atoms with Gasteiger partial charge >= 0.3 is 0 Å². The van der Waals surface area contributed by atoms with Gasteiger partial charge in [0.25, 0.3) is 0 Å².